The van der Waals surface area contributed by atoms with Crippen molar-refractivity contribution < 1.29 is 0 Å². The molecule has 1 N–H and O–H groups in total. The third-order valence-electron chi connectivity index (χ3n) is 4.71. The number of fused-ring (bicyclic) bond motifs is 5. The number of rotatable bonds is 0. The molecule has 0 aromatic heterocycles. The highest BCUT2D eigenvalue weighted by Crippen LogP contribution is 2.40. The molecule has 19 heavy (non-hydrogen) atoms. The Bertz CT molecular complexity index is 629. The average Bonchev–Trinajstić information content (AvgIpc) is 2.46. The van der Waals surface area contributed by atoms with Crippen LogP contribution in [0, 0.1) is 6.92 Å². The molecule has 0 unspecified atom stereocenters. The van der Waals surface area contributed by atoms with Crippen molar-refractivity contribution in [3.05, 3.63) is 70.3 Å². The first kappa shape index (κ1) is 11.2. The summed E-state index contributed by atoms with van der Waals surface area (Å²) in [4.78, 5) is 0. The maximum Gasteiger partial charge on any atom is 0.0249 e. The van der Waals surface area contributed by atoms with Crippen LogP contribution in [-0.4, -0.2) is 6.04 Å². The first-order valence-corrected chi connectivity index (χ1v) is 7.23. The Morgan fingerprint density at radius 2 is 1.89 bits per heavy atom. The van der Waals surface area contributed by atoms with Crippen molar-refractivity contribution in [1.29, 1.82) is 0 Å². The van der Waals surface area contributed by atoms with Crippen LogP contribution in [0.25, 0.3) is 0 Å². The van der Waals surface area contributed by atoms with Gasteiger partial charge in [-0.05, 0) is 42.0 Å². The molecule has 1 aliphatic carbocycles. The quantitative estimate of drug-likeness (QED) is 0.753. The van der Waals surface area contributed by atoms with Crippen LogP contribution in [0.3, 0.4) is 0 Å². The van der Waals surface area contributed by atoms with E-state index in [0.29, 0.717) is 12.0 Å². The lowest BCUT2D eigenvalue weighted by Gasteiger charge is -2.39. The van der Waals surface area contributed by atoms with Gasteiger partial charge in [0.25, 0.3) is 0 Å². The number of benzene rings is 2. The smallest absolute Gasteiger partial charge is 0.0249 e. The highest BCUT2D eigenvalue weighted by atomic mass is 14.9. The third kappa shape index (κ3) is 1.73. The highest BCUT2D eigenvalue weighted by molar-refractivity contribution is 5.47. The molecule has 0 amide bonds. The fourth-order valence-electron chi connectivity index (χ4n) is 3.77. The molecule has 1 heterocycles. The largest absolute Gasteiger partial charge is 0.309 e. The SMILES string of the molecule is Cc1ccc2c(c1)[C@H]1c3ccccc3CC[C@@H]1NC2. The monoisotopic (exact) mass is 249 g/mol. The Morgan fingerprint density at radius 3 is 2.84 bits per heavy atom. The van der Waals surface area contributed by atoms with Crippen LogP contribution in [0.5, 0.6) is 0 Å². The fourth-order valence-corrected chi connectivity index (χ4v) is 3.77. The summed E-state index contributed by atoms with van der Waals surface area (Å²) in [6.45, 7) is 3.23. The van der Waals surface area contributed by atoms with Gasteiger partial charge in [-0.1, -0.05) is 48.0 Å². The molecule has 0 fully saturated rings. The van der Waals surface area contributed by atoms with Crippen LogP contribution in [0.15, 0.2) is 42.5 Å². The summed E-state index contributed by atoms with van der Waals surface area (Å²) in [5.74, 6) is 0.550. The van der Waals surface area contributed by atoms with Gasteiger partial charge in [-0.15, -0.1) is 0 Å². The predicted molar refractivity (Wildman–Crippen MR) is 78.4 cm³/mol. The van der Waals surface area contributed by atoms with Gasteiger partial charge in [-0.2, -0.15) is 0 Å². The van der Waals surface area contributed by atoms with Crippen LogP contribution in [0.4, 0.5) is 0 Å². The number of nitrogens with one attached hydrogen (secondary N) is 1. The summed E-state index contributed by atoms with van der Waals surface area (Å²) < 4.78 is 0. The zero-order valence-electron chi connectivity index (χ0n) is 11.3. The van der Waals surface area contributed by atoms with Gasteiger partial charge in [0.15, 0.2) is 0 Å². The van der Waals surface area contributed by atoms with Crippen LogP contribution < -0.4 is 5.32 Å². The second kappa shape index (κ2) is 4.21. The van der Waals surface area contributed by atoms with Gasteiger partial charge < -0.3 is 5.32 Å². The maximum atomic E-state index is 3.74. The van der Waals surface area contributed by atoms with E-state index in [-0.39, 0.29) is 0 Å². The van der Waals surface area contributed by atoms with Crippen LogP contribution >= 0.6 is 0 Å². The highest BCUT2D eigenvalue weighted by Gasteiger charge is 2.34. The van der Waals surface area contributed by atoms with Crippen LogP contribution in [0.2, 0.25) is 0 Å². The van der Waals surface area contributed by atoms with Crippen molar-refractivity contribution in [3.63, 3.8) is 0 Å². The van der Waals surface area contributed by atoms with E-state index in [9.17, 15) is 0 Å². The minimum Gasteiger partial charge on any atom is -0.309 e. The number of hydrogen-bond donors (Lipinski definition) is 1. The molecule has 0 radical (unpaired) electrons. The molecule has 1 nitrogen and oxygen atoms in total. The van der Waals surface area contributed by atoms with Crippen molar-refractivity contribution in [3.8, 4) is 0 Å². The second-order valence-corrected chi connectivity index (χ2v) is 5.90. The molecule has 2 aromatic rings. The number of hydrogen-bond acceptors (Lipinski definition) is 1. The Balaban J connectivity index is 1.92. The first-order chi connectivity index (χ1) is 9.33. The molecule has 1 aliphatic heterocycles. The number of aryl methyl sites for hydroxylation is 2. The molecule has 0 saturated carbocycles. The molecular weight excluding hydrogens is 230 g/mol. The lowest BCUT2D eigenvalue weighted by molar-refractivity contribution is 0.394. The molecular formula is C18H19N. The van der Waals surface area contributed by atoms with E-state index in [2.05, 4.69) is 54.7 Å². The molecule has 0 bridgehead atoms. The minimum absolute atomic E-state index is 0.550. The lowest BCUT2D eigenvalue weighted by Crippen LogP contribution is -2.42. The van der Waals surface area contributed by atoms with Gasteiger partial charge in [0.1, 0.15) is 0 Å². The Labute approximate surface area is 114 Å². The summed E-state index contributed by atoms with van der Waals surface area (Å²) in [6, 6.07) is 16.5. The molecule has 4 rings (SSSR count). The Morgan fingerprint density at radius 1 is 1.00 bits per heavy atom. The van der Waals surface area contributed by atoms with Gasteiger partial charge >= 0.3 is 0 Å². The van der Waals surface area contributed by atoms with Gasteiger partial charge in [-0.25, -0.2) is 0 Å². The molecule has 96 valence electrons. The van der Waals surface area contributed by atoms with Crippen molar-refractivity contribution >= 4 is 0 Å². The summed E-state index contributed by atoms with van der Waals surface area (Å²) in [7, 11) is 0. The molecule has 1 heteroatoms. The van der Waals surface area contributed by atoms with Gasteiger partial charge in [0, 0.05) is 18.5 Å². The van der Waals surface area contributed by atoms with Crippen LogP contribution in [-0.2, 0) is 13.0 Å². The third-order valence-corrected chi connectivity index (χ3v) is 4.71. The van der Waals surface area contributed by atoms with E-state index in [4.69, 9.17) is 0 Å². The normalized spacial score (nSPS) is 24.3. The zero-order valence-corrected chi connectivity index (χ0v) is 11.3. The van der Waals surface area contributed by atoms with E-state index >= 15 is 0 Å². The second-order valence-electron chi connectivity index (χ2n) is 5.90. The van der Waals surface area contributed by atoms with Gasteiger partial charge in [0.05, 0.1) is 0 Å². The van der Waals surface area contributed by atoms with Crippen molar-refractivity contribution in [2.24, 2.45) is 0 Å². The van der Waals surface area contributed by atoms with E-state index in [1.54, 1.807) is 11.1 Å². The molecule has 2 aromatic carbocycles. The topological polar surface area (TPSA) is 12.0 Å². The average molecular weight is 249 g/mol. The minimum atomic E-state index is 0.550. The van der Waals surface area contributed by atoms with E-state index in [1.807, 2.05) is 0 Å². The lowest BCUT2D eigenvalue weighted by atomic mass is 9.72. The maximum absolute atomic E-state index is 3.74. The van der Waals surface area contributed by atoms with Crippen LogP contribution in [0.1, 0.15) is 40.2 Å². The van der Waals surface area contributed by atoms with E-state index < -0.39 is 0 Å². The molecule has 2 aliphatic rings. The molecule has 0 spiro atoms. The van der Waals surface area contributed by atoms with E-state index in [0.717, 1.165) is 6.54 Å². The van der Waals surface area contributed by atoms with E-state index in [1.165, 1.54) is 29.5 Å². The fraction of sp³-hybridized carbons (Fsp3) is 0.333. The zero-order chi connectivity index (χ0) is 12.8. The van der Waals surface area contributed by atoms with Crippen molar-refractivity contribution in [2.45, 2.75) is 38.3 Å². The first-order valence-electron chi connectivity index (χ1n) is 7.23. The standard InChI is InChI=1S/C18H19N/c1-12-6-7-14-11-19-17-9-8-13-4-2-3-5-15(13)18(17)16(14)10-12/h2-7,10,17-19H,8-9,11H2,1H3/t17-,18+/m0/s1. The molecule has 0 saturated heterocycles. The molecule has 2 atom stereocenters. The summed E-state index contributed by atoms with van der Waals surface area (Å²) in [5.41, 5.74) is 7.49. The van der Waals surface area contributed by atoms with Gasteiger partial charge in [0.2, 0.25) is 0 Å². The van der Waals surface area contributed by atoms with Gasteiger partial charge in [-0.3, -0.25) is 0 Å². The Kier molecular flexibility index (Phi) is 2.49. The van der Waals surface area contributed by atoms with Crippen molar-refractivity contribution in [1.82, 2.24) is 5.32 Å². The summed E-state index contributed by atoms with van der Waals surface area (Å²) in [6.07, 6.45) is 2.47. The summed E-state index contributed by atoms with van der Waals surface area (Å²) in [5, 5.41) is 3.74. The predicted octanol–water partition coefficient (Wildman–Crippen LogP) is 3.54. The summed E-state index contributed by atoms with van der Waals surface area (Å²) >= 11 is 0. The Hall–Kier alpha value is -1.60. The van der Waals surface area contributed by atoms with Crippen molar-refractivity contribution in [2.75, 3.05) is 0 Å².